The third kappa shape index (κ3) is 4.36. The van der Waals surface area contributed by atoms with Crippen LogP contribution in [-0.2, 0) is 10.0 Å². The zero-order chi connectivity index (χ0) is 19.8. The molecule has 0 bridgehead atoms. The van der Waals surface area contributed by atoms with Crippen molar-refractivity contribution in [1.82, 2.24) is 4.72 Å². The summed E-state index contributed by atoms with van der Waals surface area (Å²) in [6.07, 6.45) is 2.29. The van der Waals surface area contributed by atoms with Gasteiger partial charge in [0.25, 0.3) is 0 Å². The second-order valence-corrected chi connectivity index (χ2v) is 9.28. The number of nitrogens with one attached hydrogen (secondary N) is 1. The van der Waals surface area contributed by atoms with Gasteiger partial charge in [-0.1, -0.05) is 18.6 Å². The summed E-state index contributed by atoms with van der Waals surface area (Å²) in [5.74, 6) is -1.53. The van der Waals surface area contributed by atoms with E-state index in [9.17, 15) is 22.3 Å². The van der Waals surface area contributed by atoms with Gasteiger partial charge in [-0.3, -0.25) is 0 Å². The Hall–Kier alpha value is -1.83. The first-order chi connectivity index (χ1) is 12.6. The van der Waals surface area contributed by atoms with Gasteiger partial charge in [-0.2, -0.15) is 0 Å². The minimum Gasteiger partial charge on any atom is -0.390 e. The van der Waals surface area contributed by atoms with Crippen molar-refractivity contribution in [2.75, 3.05) is 0 Å². The summed E-state index contributed by atoms with van der Waals surface area (Å²) in [5.41, 5.74) is -0.305. The fraction of sp³-hybridized carbons (Fsp3) is 0.400. The van der Waals surface area contributed by atoms with E-state index in [-0.39, 0.29) is 22.4 Å². The fourth-order valence-electron chi connectivity index (χ4n) is 3.75. The molecule has 0 saturated heterocycles. The van der Waals surface area contributed by atoms with Crippen LogP contribution in [-0.4, -0.2) is 25.2 Å². The van der Waals surface area contributed by atoms with Gasteiger partial charge in [-0.25, -0.2) is 21.9 Å². The molecule has 0 aromatic heterocycles. The van der Waals surface area contributed by atoms with Gasteiger partial charge in [0.1, 0.15) is 11.6 Å². The van der Waals surface area contributed by atoms with Crippen LogP contribution in [0.4, 0.5) is 8.78 Å². The third-order valence-electron chi connectivity index (χ3n) is 5.14. The molecule has 0 amide bonds. The first kappa shape index (κ1) is 19.9. The average molecular weight is 395 g/mol. The number of hydrogen-bond acceptors (Lipinski definition) is 3. The van der Waals surface area contributed by atoms with Crippen molar-refractivity contribution in [3.8, 4) is 11.1 Å². The first-order valence-corrected chi connectivity index (χ1v) is 10.4. The molecule has 2 aromatic rings. The van der Waals surface area contributed by atoms with E-state index < -0.39 is 27.3 Å². The van der Waals surface area contributed by atoms with Crippen LogP contribution >= 0.6 is 0 Å². The Kier molecular flexibility index (Phi) is 5.38. The molecule has 0 radical (unpaired) electrons. The molecule has 27 heavy (non-hydrogen) atoms. The molecule has 0 spiro atoms. The molecule has 1 saturated carbocycles. The number of hydrogen-bond donors (Lipinski definition) is 2. The second kappa shape index (κ2) is 7.30. The smallest absolute Gasteiger partial charge is 0.240 e. The van der Waals surface area contributed by atoms with E-state index >= 15 is 0 Å². The number of sulfonamides is 1. The zero-order valence-electron chi connectivity index (χ0n) is 15.2. The van der Waals surface area contributed by atoms with Crippen LogP contribution in [0.25, 0.3) is 11.1 Å². The Morgan fingerprint density at radius 3 is 2.33 bits per heavy atom. The van der Waals surface area contributed by atoms with Gasteiger partial charge in [0.2, 0.25) is 10.0 Å². The van der Waals surface area contributed by atoms with Crippen molar-refractivity contribution in [3.63, 3.8) is 0 Å². The highest BCUT2D eigenvalue weighted by Gasteiger charge is 2.39. The van der Waals surface area contributed by atoms with E-state index in [2.05, 4.69) is 4.72 Å². The summed E-state index contributed by atoms with van der Waals surface area (Å²) in [5, 5.41) is 10.3. The molecule has 2 atom stereocenters. The van der Waals surface area contributed by atoms with Gasteiger partial charge < -0.3 is 5.11 Å². The van der Waals surface area contributed by atoms with Crippen molar-refractivity contribution in [2.24, 2.45) is 5.92 Å². The fourth-order valence-corrected chi connectivity index (χ4v) is 5.06. The van der Waals surface area contributed by atoms with Gasteiger partial charge >= 0.3 is 0 Å². The van der Waals surface area contributed by atoms with Crippen LogP contribution in [0.2, 0.25) is 0 Å². The first-order valence-electron chi connectivity index (χ1n) is 8.88. The van der Waals surface area contributed by atoms with Crippen LogP contribution in [0.5, 0.6) is 0 Å². The molecule has 2 N–H and O–H groups in total. The monoisotopic (exact) mass is 395 g/mol. The van der Waals surface area contributed by atoms with E-state index in [1.807, 2.05) is 0 Å². The van der Waals surface area contributed by atoms with E-state index in [1.165, 1.54) is 30.3 Å². The van der Waals surface area contributed by atoms with Crippen molar-refractivity contribution in [1.29, 1.82) is 0 Å². The van der Waals surface area contributed by atoms with Gasteiger partial charge in [0, 0.05) is 23.6 Å². The van der Waals surface area contributed by atoms with Gasteiger partial charge in [0.05, 0.1) is 10.5 Å². The molecule has 2 aromatic carbocycles. The Labute approximate surface area is 158 Å². The van der Waals surface area contributed by atoms with Crippen LogP contribution in [0, 0.1) is 17.6 Å². The molecule has 4 nitrogen and oxygen atoms in total. The van der Waals surface area contributed by atoms with Gasteiger partial charge in [0.15, 0.2) is 0 Å². The minimum absolute atomic E-state index is 0.0650. The van der Waals surface area contributed by atoms with Crippen LogP contribution in [0.15, 0.2) is 47.4 Å². The van der Waals surface area contributed by atoms with E-state index in [1.54, 1.807) is 13.8 Å². The molecule has 3 rings (SSSR count). The number of rotatable bonds is 5. The predicted octanol–water partition coefficient (Wildman–Crippen LogP) is 3.85. The topological polar surface area (TPSA) is 66.4 Å². The minimum atomic E-state index is -3.77. The Morgan fingerprint density at radius 1 is 1.07 bits per heavy atom. The molecule has 0 heterocycles. The van der Waals surface area contributed by atoms with Crippen LogP contribution in [0.1, 0.15) is 33.1 Å². The molecular formula is C20H23F2NO3S. The second-order valence-electron chi connectivity index (χ2n) is 7.57. The summed E-state index contributed by atoms with van der Waals surface area (Å²) >= 11 is 0. The van der Waals surface area contributed by atoms with Crippen LogP contribution in [0.3, 0.4) is 0 Å². The summed E-state index contributed by atoms with van der Waals surface area (Å²) in [7, 11) is -3.77. The lowest BCUT2D eigenvalue weighted by Gasteiger charge is -2.31. The van der Waals surface area contributed by atoms with Gasteiger partial charge in [-0.05, 0) is 56.5 Å². The van der Waals surface area contributed by atoms with E-state index in [0.717, 1.165) is 25.0 Å². The lowest BCUT2D eigenvalue weighted by atomic mass is 9.87. The Morgan fingerprint density at radius 2 is 1.74 bits per heavy atom. The summed E-state index contributed by atoms with van der Waals surface area (Å²) in [4.78, 5) is 0.0650. The lowest BCUT2D eigenvalue weighted by Crippen LogP contribution is -2.45. The molecule has 0 aliphatic heterocycles. The molecule has 7 heteroatoms. The van der Waals surface area contributed by atoms with E-state index in [0.29, 0.717) is 12.0 Å². The Bertz CT molecular complexity index is 921. The van der Waals surface area contributed by atoms with Crippen molar-refractivity contribution < 1.29 is 22.3 Å². The highest BCUT2D eigenvalue weighted by atomic mass is 32.2. The largest absolute Gasteiger partial charge is 0.390 e. The molecule has 1 fully saturated rings. The summed E-state index contributed by atoms with van der Waals surface area (Å²) < 4.78 is 55.1. The SMILES string of the molecule is CC(C)(O)[C@@H]1CCC[C@@H]1NS(=O)(=O)c1ccc(-c2ccc(F)cc2F)cc1. The number of benzene rings is 2. The maximum Gasteiger partial charge on any atom is 0.240 e. The lowest BCUT2D eigenvalue weighted by molar-refractivity contribution is 0.0116. The zero-order valence-corrected chi connectivity index (χ0v) is 16.1. The van der Waals surface area contributed by atoms with E-state index in [4.69, 9.17) is 0 Å². The Balaban J connectivity index is 1.81. The summed E-state index contributed by atoms with van der Waals surface area (Å²) in [6, 6.07) is 8.71. The molecule has 0 unspecified atom stereocenters. The molecule has 146 valence electrons. The van der Waals surface area contributed by atoms with Crippen molar-refractivity contribution >= 4 is 10.0 Å². The maximum atomic E-state index is 13.9. The van der Waals surface area contributed by atoms with Crippen molar-refractivity contribution in [2.45, 2.75) is 49.6 Å². The highest BCUT2D eigenvalue weighted by Crippen LogP contribution is 2.35. The molecule has 1 aliphatic rings. The quantitative estimate of drug-likeness (QED) is 0.808. The standard InChI is InChI=1S/C20H23F2NO3S/c1-20(2,24)17-4-3-5-19(17)23-27(25,26)15-9-6-13(7-10-15)16-11-8-14(21)12-18(16)22/h6-12,17,19,23-24H,3-5H2,1-2H3/t17-,19+/m1/s1. The van der Waals surface area contributed by atoms with Gasteiger partial charge in [-0.15, -0.1) is 0 Å². The normalized spacial score (nSPS) is 20.8. The maximum absolute atomic E-state index is 13.9. The predicted molar refractivity (Wildman–Crippen MR) is 99.5 cm³/mol. The summed E-state index contributed by atoms with van der Waals surface area (Å²) in [6.45, 7) is 3.38. The highest BCUT2D eigenvalue weighted by molar-refractivity contribution is 7.89. The number of halogens is 2. The average Bonchev–Trinajstić information content (AvgIpc) is 3.03. The third-order valence-corrected chi connectivity index (χ3v) is 6.64. The van der Waals surface area contributed by atoms with Crippen LogP contribution < -0.4 is 4.72 Å². The molecule has 1 aliphatic carbocycles. The number of aliphatic hydroxyl groups is 1. The molecular weight excluding hydrogens is 372 g/mol. The van der Waals surface area contributed by atoms with Crippen molar-refractivity contribution in [3.05, 3.63) is 54.1 Å².